The van der Waals surface area contributed by atoms with Crippen LogP contribution in [-0.4, -0.2) is 27.2 Å². The molecule has 0 radical (unpaired) electrons. The number of aromatic nitrogens is 4. The topological polar surface area (TPSA) is 93.6 Å². The maximum atomic E-state index is 14.0. The van der Waals surface area contributed by atoms with Crippen molar-refractivity contribution in [3.63, 3.8) is 0 Å². The Hall–Kier alpha value is -4.29. The second-order valence-corrected chi connectivity index (χ2v) is 9.28. The summed E-state index contributed by atoms with van der Waals surface area (Å²) >= 11 is 0. The standard InChI is InChI=1S/C24H16FN5O2S/c1-29-14-19(13-28-29)18-10-21-22(16-7-8-23(25)17(9-16)11-26)15-30(24(21)27-12-18)33(31,32)20-5-3-2-4-6-20/h2-10,12-15H,1H3. The normalized spacial score (nSPS) is 11.5. The van der Waals surface area contributed by atoms with Crippen molar-refractivity contribution in [1.29, 1.82) is 5.26 Å². The molecule has 5 rings (SSSR count). The van der Waals surface area contributed by atoms with Crippen LogP contribution in [0.2, 0.25) is 0 Å². The van der Waals surface area contributed by atoms with Gasteiger partial charge in [-0.1, -0.05) is 24.3 Å². The van der Waals surface area contributed by atoms with E-state index in [1.54, 1.807) is 42.3 Å². The molecule has 3 heterocycles. The van der Waals surface area contributed by atoms with Crippen LogP contribution in [0.25, 0.3) is 33.3 Å². The number of fused-ring (bicyclic) bond motifs is 1. The number of pyridine rings is 1. The quantitative estimate of drug-likeness (QED) is 0.400. The monoisotopic (exact) mass is 457 g/mol. The number of benzene rings is 2. The zero-order valence-corrected chi connectivity index (χ0v) is 18.2. The fraction of sp³-hybridized carbons (Fsp3) is 0.0417. The van der Waals surface area contributed by atoms with Crippen molar-refractivity contribution in [1.82, 2.24) is 18.7 Å². The molecule has 5 aromatic rings. The van der Waals surface area contributed by atoms with Crippen molar-refractivity contribution in [3.05, 3.63) is 90.8 Å². The third-order valence-corrected chi connectivity index (χ3v) is 7.01. The van der Waals surface area contributed by atoms with Gasteiger partial charge in [0.25, 0.3) is 10.0 Å². The Labute approximate surface area is 189 Å². The number of halogens is 1. The predicted octanol–water partition coefficient (Wildman–Crippen LogP) is 4.35. The van der Waals surface area contributed by atoms with Gasteiger partial charge in [0.1, 0.15) is 11.9 Å². The van der Waals surface area contributed by atoms with Gasteiger partial charge in [-0.25, -0.2) is 21.8 Å². The highest BCUT2D eigenvalue weighted by Crippen LogP contribution is 2.35. The molecule has 0 spiro atoms. The Balaban J connectivity index is 1.80. The van der Waals surface area contributed by atoms with Gasteiger partial charge in [-0.05, 0) is 35.9 Å². The van der Waals surface area contributed by atoms with Crippen molar-refractivity contribution < 1.29 is 12.8 Å². The minimum absolute atomic E-state index is 0.114. The SMILES string of the molecule is Cn1cc(-c2cnc3c(c2)c(-c2ccc(F)c(C#N)c2)cn3S(=O)(=O)c2ccccc2)cn1. The summed E-state index contributed by atoms with van der Waals surface area (Å²) in [5.41, 5.74) is 2.67. The summed E-state index contributed by atoms with van der Waals surface area (Å²) in [4.78, 5) is 4.59. The average molecular weight is 457 g/mol. The van der Waals surface area contributed by atoms with E-state index in [0.717, 1.165) is 15.1 Å². The van der Waals surface area contributed by atoms with Crippen LogP contribution in [0.15, 0.2) is 84.3 Å². The minimum atomic E-state index is -3.95. The fourth-order valence-corrected chi connectivity index (χ4v) is 5.05. The van der Waals surface area contributed by atoms with Crippen LogP contribution in [0.1, 0.15) is 5.56 Å². The summed E-state index contributed by atoms with van der Waals surface area (Å²) in [5.74, 6) is -0.643. The van der Waals surface area contributed by atoms with Crippen molar-refractivity contribution in [2.75, 3.05) is 0 Å². The maximum absolute atomic E-state index is 14.0. The molecule has 33 heavy (non-hydrogen) atoms. The number of hydrogen-bond acceptors (Lipinski definition) is 5. The number of aryl methyl sites for hydroxylation is 1. The van der Waals surface area contributed by atoms with E-state index >= 15 is 0 Å². The molecule has 0 bridgehead atoms. The summed E-state index contributed by atoms with van der Waals surface area (Å²) in [6.07, 6.45) is 6.56. The molecule has 0 N–H and O–H groups in total. The zero-order valence-electron chi connectivity index (χ0n) is 17.3. The highest BCUT2D eigenvalue weighted by molar-refractivity contribution is 7.90. The molecular weight excluding hydrogens is 441 g/mol. The molecule has 162 valence electrons. The molecule has 0 saturated heterocycles. The predicted molar refractivity (Wildman–Crippen MR) is 121 cm³/mol. The second kappa shape index (κ2) is 7.69. The molecule has 0 atom stereocenters. The van der Waals surface area contributed by atoms with Crippen LogP contribution in [0.5, 0.6) is 0 Å². The molecule has 0 aliphatic rings. The van der Waals surface area contributed by atoms with E-state index in [1.165, 1.54) is 36.5 Å². The molecule has 0 aliphatic heterocycles. The van der Waals surface area contributed by atoms with Crippen molar-refractivity contribution in [2.45, 2.75) is 4.90 Å². The lowest BCUT2D eigenvalue weighted by molar-refractivity contribution is 0.588. The molecule has 3 aromatic heterocycles. The number of nitriles is 1. The van der Waals surface area contributed by atoms with Gasteiger partial charge in [0.15, 0.2) is 5.65 Å². The van der Waals surface area contributed by atoms with Crippen LogP contribution in [0, 0.1) is 17.1 Å². The molecular formula is C24H16FN5O2S. The van der Waals surface area contributed by atoms with Gasteiger partial charge in [-0.2, -0.15) is 10.4 Å². The first-order valence-corrected chi connectivity index (χ1v) is 11.3. The average Bonchev–Trinajstić information content (AvgIpc) is 3.44. The van der Waals surface area contributed by atoms with E-state index in [4.69, 9.17) is 0 Å². The highest BCUT2D eigenvalue weighted by Gasteiger charge is 2.23. The Morgan fingerprint density at radius 1 is 0.970 bits per heavy atom. The number of nitrogens with zero attached hydrogens (tertiary/aromatic N) is 5. The van der Waals surface area contributed by atoms with E-state index in [0.29, 0.717) is 16.5 Å². The summed E-state index contributed by atoms with van der Waals surface area (Å²) in [7, 11) is -2.15. The molecule has 0 unspecified atom stereocenters. The summed E-state index contributed by atoms with van der Waals surface area (Å²) in [6.45, 7) is 0. The third-order valence-electron chi connectivity index (χ3n) is 5.35. The first-order chi connectivity index (χ1) is 15.9. The van der Waals surface area contributed by atoms with Crippen LogP contribution >= 0.6 is 0 Å². The first kappa shape index (κ1) is 20.6. The van der Waals surface area contributed by atoms with Gasteiger partial charge in [0.2, 0.25) is 0 Å². The summed E-state index contributed by atoms with van der Waals surface area (Å²) in [6, 6.07) is 15.8. The van der Waals surface area contributed by atoms with Gasteiger partial charge >= 0.3 is 0 Å². The third kappa shape index (κ3) is 3.46. The first-order valence-electron chi connectivity index (χ1n) is 9.89. The highest BCUT2D eigenvalue weighted by atomic mass is 32.2. The Morgan fingerprint density at radius 3 is 2.45 bits per heavy atom. The van der Waals surface area contributed by atoms with Crippen molar-refractivity contribution in [3.8, 4) is 28.3 Å². The lowest BCUT2D eigenvalue weighted by atomic mass is 10.0. The molecule has 7 nitrogen and oxygen atoms in total. The van der Waals surface area contributed by atoms with E-state index in [-0.39, 0.29) is 16.1 Å². The lowest BCUT2D eigenvalue weighted by Gasteiger charge is -2.07. The Morgan fingerprint density at radius 2 is 1.76 bits per heavy atom. The number of rotatable bonds is 4. The Kier molecular flexibility index (Phi) is 4.80. The van der Waals surface area contributed by atoms with Crippen molar-refractivity contribution in [2.24, 2.45) is 7.05 Å². The molecule has 9 heteroatoms. The number of hydrogen-bond donors (Lipinski definition) is 0. The molecule has 0 amide bonds. The van der Waals surface area contributed by atoms with Crippen molar-refractivity contribution >= 4 is 21.1 Å². The van der Waals surface area contributed by atoms with Crippen LogP contribution < -0.4 is 0 Å². The Bertz CT molecular complexity index is 1660. The summed E-state index contributed by atoms with van der Waals surface area (Å²) in [5, 5.41) is 14.0. The van der Waals surface area contributed by atoms with E-state index in [2.05, 4.69) is 10.1 Å². The van der Waals surface area contributed by atoms with Gasteiger partial charge in [0, 0.05) is 47.7 Å². The molecule has 0 saturated carbocycles. The van der Waals surface area contributed by atoms with Gasteiger partial charge in [0.05, 0.1) is 16.7 Å². The lowest BCUT2D eigenvalue weighted by Crippen LogP contribution is -2.12. The van der Waals surface area contributed by atoms with Gasteiger partial charge in [-0.15, -0.1) is 0 Å². The van der Waals surface area contributed by atoms with E-state index < -0.39 is 15.8 Å². The fourth-order valence-electron chi connectivity index (χ4n) is 3.71. The second-order valence-electron chi connectivity index (χ2n) is 7.46. The zero-order chi connectivity index (χ0) is 23.2. The van der Waals surface area contributed by atoms with Crippen LogP contribution in [0.4, 0.5) is 4.39 Å². The van der Waals surface area contributed by atoms with Crippen LogP contribution in [0.3, 0.4) is 0 Å². The largest absolute Gasteiger partial charge is 0.275 e. The minimum Gasteiger partial charge on any atom is -0.275 e. The maximum Gasteiger partial charge on any atom is 0.269 e. The van der Waals surface area contributed by atoms with E-state index in [9.17, 15) is 18.1 Å². The van der Waals surface area contributed by atoms with Gasteiger partial charge in [-0.3, -0.25) is 4.68 Å². The molecule has 2 aromatic carbocycles. The molecule has 0 aliphatic carbocycles. The van der Waals surface area contributed by atoms with Gasteiger partial charge < -0.3 is 0 Å². The molecule has 0 fully saturated rings. The van der Waals surface area contributed by atoms with E-state index in [1.807, 2.05) is 18.3 Å². The summed E-state index contributed by atoms with van der Waals surface area (Å²) < 4.78 is 43.6. The smallest absolute Gasteiger partial charge is 0.269 e. The van der Waals surface area contributed by atoms with Crippen LogP contribution in [-0.2, 0) is 17.1 Å².